The van der Waals surface area contributed by atoms with Crippen LogP contribution < -0.4 is 5.32 Å². The van der Waals surface area contributed by atoms with E-state index in [0.29, 0.717) is 17.7 Å². The lowest BCUT2D eigenvalue weighted by atomic mass is 9.72. The van der Waals surface area contributed by atoms with Crippen LogP contribution in [0.2, 0.25) is 0 Å². The average Bonchev–Trinajstić information content (AvgIpc) is 3.62. The number of methoxy groups -OCH3 is 3. The SMILES string of the molecule is CO/C1=C\C(C)=C\C(C)C(O)C(C)C/C(C)=C/C=C/C(OC)C(C(C)C(O)C(C)C2(OC)CC(C(=O)O/C=C/C(=O)OCC3=CCC(=O)N3)C(C)C(C(C)C)O2)OC1=O. The zero-order chi connectivity index (χ0) is 44.2. The molecule has 3 aliphatic rings. The van der Waals surface area contributed by atoms with Crippen LogP contribution in [0.5, 0.6) is 0 Å². The van der Waals surface area contributed by atoms with Crippen molar-refractivity contribution in [2.75, 3.05) is 27.9 Å². The third-order valence-electron chi connectivity index (χ3n) is 11.7. The van der Waals surface area contributed by atoms with Gasteiger partial charge >= 0.3 is 17.9 Å². The number of aliphatic hydroxyl groups is 2. The van der Waals surface area contributed by atoms with E-state index in [4.69, 9.17) is 33.2 Å². The van der Waals surface area contributed by atoms with Gasteiger partial charge in [-0.3, -0.25) is 9.59 Å². The summed E-state index contributed by atoms with van der Waals surface area (Å²) >= 11 is 0. The fourth-order valence-electron chi connectivity index (χ4n) is 8.19. The quantitative estimate of drug-likeness (QED) is 0.0902. The van der Waals surface area contributed by atoms with E-state index in [9.17, 15) is 29.4 Å². The molecule has 3 aliphatic heterocycles. The van der Waals surface area contributed by atoms with Crippen LogP contribution in [0.25, 0.3) is 0 Å². The summed E-state index contributed by atoms with van der Waals surface area (Å²) in [6, 6.07) is 0. The predicted octanol–water partition coefficient (Wildman–Crippen LogP) is 5.61. The Bertz CT molecular complexity index is 1660. The summed E-state index contributed by atoms with van der Waals surface area (Å²) in [5.74, 6) is -6.97. The van der Waals surface area contributed by atoms with Crippen LogP contribution in [-0.2, 0) is 52.3 Å². The molecule has 14 heteroatoms. The Balaban J connectivity index is 1.94. The number of amides is 1. The van der Waals surface area contributed by atoms with Gasteiger partial charge in [0.05, 0.1) is 43.1 Å². The van der Waals surface area contributed by atoms with Crippen LogP contribution in [0.15, 0.2) is 71.4 Å². The molecule has 3 rings (SSSR count). The van der Waals surface area contributed by atoms with Gasteiger partial charge in [0.2, 0.25) is 11.7 Å². The molecule has 0 bridgehead atoms. The second kappa shape index (κ2) is 22.5. The number of hydrogen-bond donors (Lipinski definition) is 3. The van der Waals surface area contributed by atoms with Crippen molar-refractivity contribution in [3.05, 3.63) is 71.4 Å². The number of carbonyl (C=O) groups excluding carboxylic acids is 4. The molecular weight excluding hydrogens is 762 g/mol. The molecule has 0 aromatic heterocycles. The highest BCUT2D eigenvalue weighted by atomic mass is 16.7. The second-order valence-electron chi connectivity index (χ2n) is 16.6. The van der Waals surface area contributed by atoms with Gasteiger partial charge in [-0.05, 0) is 44.1 Å². The summed E-state index contributed by atoms with van der Waals surface area (Å²) < 4.78 is 41.0. The fraction of sp³-hybridized carbons (Fsp3) is 0.644. The second-order valence-corrected chi connectivity index (χ2v) is 16.6. The summed E-state index contributed by atoms with van der Waals surface area (Å²) in [4.78, 5) is 51.2. The van der Waals surface area contributed by atoms with E-state index < -0.39 is 72.0 Å². The zero-order valence-electron chi connectivity index (χ0n) is 36.8. The molecule has 12 atom stereocenters. The molecule has 12 unspecified atom stereocenters. The normalized spacial score (nSPS) is 34.8. The Morgan fingerprint density at radius 1 is 1.07 bits per heavy atom. The number of rotatable bonds is 13. The lowest BCUT2D eigenvalue weighted by Gasteiger charge is -2.51. The summed E-state index contributed by atoms with van der Waals surface area (Å²) in [5, 5.41) is 25.9. The number of allylic oxidation sites excluding steroid dienone is 5. The summed E-state index contributed by atoms with van der Waals surface area (Å²) in [6.45, 7) is 16.9. The molecule has 3 heterocycles. The van der Waals surface area contributed by atoms with Crippen molar-refractivity contribution < 1.29 is 62.5 Å². The molecule has 59 heavy (non-hydrogen) atoms. The van der Waals surface area contributed by atoms with E-state index >= 15 is 0 Å². The number of nitrogens with one attached hydrogen (secondary N) is 1. The van der Waals surface area contributed by atoms with Crippen molar-refractivity contribution in [3.8, 4) is 0 Å². The van der Waals surface area contributed by atoms with Gasteiger partial charge in [-0.1, -0.05) is 90.0 Å². The van der Waals surface area contributed by atoms with E-state index in [1.54, 1.807) is 32.1 Å². The van der Waals surface area contributed by atoms with Crippen LogP contribution in [0.4, 0.5) is 0 Å². The van der Waals surface area contributed by atoms with Gasteiger partial charge in [0.15, 0.2) is 5.79 Å². The van der Waals surface area contributed by atoms with Gasteiger partial charge < -0.3 is 48.7 Å². The van der Waals surface area contributed by atoms with Gasteiger partial charge in [0.1, 0.15) is 25.1 Å². The highest BCUT2D eigenvalue weighted by Crippen LogP contribution is 2.46. The first-order valence-electron chi connectivity index (χ1n) is 20.4. The van der Waals surface area contributed by atoms with E-state index in [2.05, 4.69) is 5.32 Å². The molecule has 14 nitrogen and oxygen atoms in total. The first-order chi connectivity index (χ1) is 27.8. The van der Waals surface area contributed by atoms with Gasteiger partial charge in [0.25, 0.3) is 0 Å². The van der Waals surface area contributed by atoms with Crippen molar-refractivity contribution in [2.24, 2.45) is 41.4 Å². The van der Waals surface area contributed by atoms with Gasteiger partial charge in [-0.25, -0.2) is 9.59 Å². The van der Waals surface area contributed by atoms with Crippen LogP contribution in [-0.4, -0.2) is 98.3 Å². The minimum atomic E-state index is -1.50. The molecule has 0 aliphatic carbocycles. The first-order valence-corrected chi connectivity index (χ1v) is 20.4. The number of carbonyl (C=O) groups is 4. The molecule has 0 spiro atoms. The van der Waals surface area contributed by atoms with Crippen molar-refractivity contribution in [2.45, 2.75) is 118 Å². The molecule has 330 valence electrons. The van der Waals surface area contributed by atoms with Crippen LogP contribution in [0, 0.1) is 41.4 Å². The number of aliphatic hydroxyl groups excluding tert-OH is 2. The zero-order valence-corrected chi connectivity index (χ0v) is 36.8. The number of esters is 3. The average molecular weight is 830 g/mol. The molecule has 1 amide bonds. The molecular formula is C45H67NO13. The minimum Gasteiger partial charge on any atom is -0.490 e. The van der Waals surface area contributed by atoms with Crippen LogP contribution in [0.3, 0.4) is 0 Å². The molecule has 1 saturated heterocycles. The monoisotopic (exact) mass is 829 g/mol. The van der Waals surface area contributed by atoms with Crippen molar-refractivity contribution in [1.29, 1.82) is 0 Å². The maximum atomic E-state index is 13.8. The Labute approximate surface area is 349 Å². The molecule has 0 radical (unpaired) electrons. The largest absolute Gasteiger partial charge is 0.490 e. The highest BCUT2D eigenvalue weighted by Gasteiger charge is 2.55. The molecule has 0 aromatic rings. The van der Waals surface area contributed by atoms with Crippen LogP contribution in [0.1, 0.15) is 81.6 Å². The summed E-state index contributed by atoms with van der Waals surface area (Å²) in [7, 11) is 4.31. The van der Waals surface area contributed by atoms with E-state index in [0.717, 1.165) is 17.9 Å². The van der Waals surface area contributed by atoms with E-state index in [-0.39, 0.29) is 54.8 Å². The van der Waals surface area contributed by atoms with Gasteiger partial charge in [0, 0.05) is 44.8 Å². The number of cyclic esters (lactones) is 1. The Morgan fingerprint density at radius 3 is 2.36 bits per heavy atom. The Hall–Kier alpha value is -4.08. The lowest BCUT2D eigenvalue weighted by molar-refractivity contribution is -0.332. The third kappa shape index (κ3) is 13.2. The molecule has 1 fully saturated rings. The predicted molar refractivity (Wildman–Crippen MR) is 219 cm³/mol. The van der Waals surface area contributed by atoms with E-state index in [1.807, 2.05) is 66.7 Å². The minimum absolute atomic E-state index is 0.000342. The lowest BCUT2D eigenvalue weighted by Crippen LogP contribution is -2.59. The standard InChI is InChI=1S/C45H67NO13/c1-25(2)41-30(7)34(43(51)56-19-18-38(48)57-24-33-16-17-37(47)46-33)23-45(55-12,59-41)32(9)40(50)31(8)42-35(53-10)15-13-14-26(3)20-28(5)39(49)29(6)21-27(4)22-36(54-11)44(52)58-42/h13-16,18-19,21-22,25,28-32,34-35,39-42,49-50H,17,20,23-24H2,1-12H3,(H,46,47)/b15-13+,19-18+,26-14+,27-21+,36-22-. The first kappa shape index (κ1) is 49.3. The summed E-state index contributed by atoms with van der Waals surface area (Å²) in [6.07, 6.45) is 9.14. The smallest absolute Gasteiger partial charge is 0.373 e. The van der Waals surface area contributed by atoms with E-state index in [1.165, 1.54) is 21.3 Å². The number of ether oxygens (including phenoxy) is 7. The topological polar surface area (TPSA) is 185 Å². The Kier molecular flexibility index (Phi) is 18.8. The van der Waals surface area contributed by atoms with Gasteiger partial charge in [-0.15, -0.1) is 0 Å². The van der Waals surface area contributed by atoms with Crippen molar-refractivity contribution >= 4 is 23.8 Å². The van der Waals surface area contributed by atoms with Crippen LogP contribution >= 0.6 is 0 Å². The Morgan fingerprint density at radius 2 is 1.76 bits per heavy atom. The van der Waals surface area contributed by atoms with Crippen molar-refractivity contribution in [3.63, 3.8) is 0 Å². The van der Waals surface area contributed by atoms with Gasteiger partial charge in [-0.2, -0.15) is 0 Å². The fourth-order valence-corrected chi connectivity index (χ4v) is 8.19. The summed E-state index contributed by atoms with van der Waals surface area (Å²) in [5.41, 5.74) is 2.20. The maximum Gasteiger partial charge on any atom is 0.373 e. The molecule has 3 N–H and O–H groups in total. The maximum absolute atomic E-state index is 13.8. The van der Waals surface area contributed by atoms with Crippen molar-refractivity contribution in [1.82, 2.24) is 5.32 Å². The number of hydrogen-bond acceptors (Lipinski definition) is 13. The molecule has 0 aromatic carbocycles. The highest BCUT2D eigenvalue weighted by molar-refractivity contribution is 5.87. The third-order valence-corrected chi connectivity index (χ3v) is 11.7. The molecule has 0 saturated carbocycles.